The van der Waals surface area contributed by atoms with Crippen LogP contribution in [0.1, 0.15) is 26.4 Å². The maximum absolute atomic E-state index is 12.0. The average molecular weight is 349 g/mol. The van der Waals surface area contributed by atoms with Gasteiger partial charge in [0.1, 0.15) is 5.75 Å². The summed E-state index contributed by atoms with van der Waals surface area (Å²) in [5.74, 6) is -1.34. The fourth-order valence-corrected chi connectivity index (χ4v) is 2.36. The van der Waals surface area contributed by atoms with Crippen molar-refractivity contribution in [2.45, 2.75) is 0 Å². The molecule has 26 heavy (non-hydrogen) atoms. The first kappa shape index (κ1) is 17.0. The quantitative estimate of drug-likeness (QED) is 0.486. The molecule has 0 aliphatic heterocycles. The summed E-state index contributed by atoms with van der Waals surface area (Å²) in [4.78, 5) is 23.1. The third kappa shape index (κ3) is 3.78. The van der Waals surface area contributed by atoms with Crippen molar-refractivity contribution < 1.29 is 19.8 Å². The first-order valence-electron chi connectivity index (χ1n) is 7.68. The van der Waals surface area contributed by atoms with Crippen LogP contribution in [-0.4, -0.2) is 32.9 Å². The maximum Gasteiger partial charge on any atom is 0.335 e. The zero-order chi connectivity index (χ0) is 18.5. The van der Waals surface area contributed by atoms with E-state index in [0.29, 0.717) is 16.9 Å². The molecule has 0 unspecified atom stereocenters. The van der Waals surface area contributed by atoms with Crippen LogP contribution in [0, 0.1) is 0 Å². The van der Waals surface area contributed by atoms with Gasteiger partial charge in [0.05, 0.1) is 17.5 Å². The lowest BCUT2D eigenvalue weighted by atomic mass is 10.2. The molecule has 130 valence electrons. The number of aromatic hydroxyl groups is 1. The number of hydrogen-bond donors (Lipinski definition) is 3. The van der Waals surface area contributed by atoms with Gasteiger partial charge in [-0.05, 0) is 54.6 Å². The summed E-state index contributed by atoms with van der Waals surface area (Å²) in [5, 5.41) is 22.3. The molecular weight excluding hydrogens is 334 g/mol. The van der Waals surface area contributed by atoms with E-state index in [2.05, 4.69) is 10.5 Å². The van der Waals surface area contributed by atoms with Crippen molar-refractivity contribution in [3.8, 4) is 11.4 Å². The number of hydrogen-bond acceptors (Lipinski definition) is 4. The highest BCUT2D eigenvalue weighted by atomic mass is 16.4. The second-order valence-corrected chi connectivity index (χ2v) is 5.40. The van der Waals surface area contributed by atoms with Gasteiger partial charge in [-0.25, -0.2) is 10.2 Å². The minimum Gasteiger partial charge on any atom is -0.508 e. The van der Waals surface area contributed by atoms with E-state index in [1.807, 2.05) is 0 Å². The van der Waals surface area contributed by atoms with Gasteiger partial charge in [-0.1, -0.05) is 6.07 Å². The predicted molar refractivity (Wildman–Crippen MR) is 95.9 cm³/mol. The first-order valence-corrected chi connectivity index (χ1v) is 7.68. The molecule has 0 atom stereocenters. The van der Waals surface area contributed by atoms with Gasteiger partial charge in [0.25, 0.3) is 5.91 Å². The van der Waals surface area contributed by atoms with Crippen molar-refractivity contribution in [2.24, 2.45) is 5.10 Å². The SMILES string of the molecule is O=C(O)c1cccc(-n2cccc2/C=N\NC(=O)c2ccc(O)cc2)c1. The fourth-order valence-electron chi connectivity index (χ4n) is 2.36. The Morgan fingerprint density at radius 2 is 1.77 bits per heavy atom. The number of nitrogens with zero attached hydrogens (tertiary/aromatic N) is 2. The van der Waals surface area contributed by atoms with Crippen LogP contribution in [0.25, 0.3) is 5.69 Å². The van der Waals surface area contributed by atoms with E-state index in [4.69, 9.17) is 5.11 Å². The summed E-state index contributed by atoms with van der Waals surface area (Å²) in [7, 11) is 0. The number of aromatic nitrogens is 1. The topological polar surface area (TPSA) is 104 Å². The van der Waals surface area contributed by atoms with Gasteiger partial charge in [-0.15, -0.1) is 0 Å². The Hall–Kier alpha value is -3.87. The van der Waals surface area contributed by atoms with Crippen LogP contribution in [0.5, 0.6) is 5.75 Å². The number of hydrazone groups is 1. The molecule has 0 aliphatic carbocycles. The minimum atomic E-state index is -1.00. The van der Waals surface area contributed by atoms with Crippen LogP contribution in [-0.2, 0) is 0 Å². The lowest BCUT2D eigenvalue weighted by molar-refractivity contribution is 0.0696. The van der Waals surface area contributed by atoms with Crippen LogP contribution < -0.4 is 5.43 Å². The lowest BCUT2D eigenvalue weighted by Gasteiger charge is -2.07. The molecule has 3 N–H and O–H groups in total. The molecule has 3 aromatic rings. The van der Waals surface area contributed by atoms with Gasteiger partial charge in [0.15, 0.2) is 0 Å². The second kappa shape index (κ2) is 7.35. The molecule has 1 heterocycles. The van der Waals surface area contributed by atoms with Crippen molar-refractivity contribution >= 4 is 18.1 Å². The molecule has 0 saturated carbocycles. The molecule has 0 aliphatic rings. The Labute approximate surface area is 148 Å². The molecular formula is C19H15N3O4. The normalized spacial score (nSPS) is 10.8. The summed E-state index contributed by atoms with van der Waals surface area (Å²) in [5.41, 5.74) is 4.29. The maximum atomic E-state index is 12.0. The predicted octanol–water partition coefficient (Wildman–Crippen LogP) is 2.65. The molecule has 0 spiro atoms. The summed E-state index contributed by atoms with van der Waals surface area (Å²) >= 11 is 0. The number of benzene rings is 2. The van der Waals surface area contributed by atoms with E-state index < -0.39 is 11.9 Å². The van der Waals surface area contributed by atoms with Gasteiger partial charge >= 0.3 is 5.97 Å². The Morgan fingerprint density at radius 1 is 1.00 bits per heavy atom. The Bertz CT molecular complexity index is 974. The number of phenolic OH excluding ortho intramolecular Hbond substituents is 1. The highest BCUT2D eigenvalue weighted by molar-refractivity contribution is 5.95. The Kier molecular flexibility index (Phi) is 4.80. The Morgan fingerprint density at radius 3 is 2.50 bits per heavy atom. The Balaban J connectivity index is 1.75. The van der Waals surface area contributed by atoms with Gasteiger partial charge in [0, 0.05) is 17.4 Å². The molecule has 7 heteroatoms. The van der Waals surface area contributed by atoms with Crippen molar-refractivity contribution in [1.82, 2.24) is 9.99 Å². The molecule has 0 bridgehead atoms. The number of nitrogens with one attached hydrogen (secondary N) is 1. The molecule has 1 amide bonds. The van der Waals surface area contributed by atoms with Crippen LogP contribution in [0.4, 0.5) is 0 Å². The van der Waals surface area contributed by atoms with E-state index in [9.17, 15) is 14.7 Å². The molecule has 0 saturated heterocycles. The number of carboxylic acid groups (broad SMARTS) is 1. The summed E-state index contributed by atoms with van der Waals surface area (Å²) in [6, 6.07) is 15.9. The molecule has 0 radical (unpaired) electrons. The number of rotatable bonds is 5. The molecule has 3 rings (SSSR count). The molecule has 7 nitrogen and oxygen atoms in total. The summed E-state index contributed by atoms with van der Waals surface area (Å²) < 4.78 is 1.75. The first-order chi connectivity index (χ1) is 12.5. The highest BCUT2D eigenvalue weighted by Crippen LogP contribution is 2.14. The minimum absolute atomic E-state index is 0.0754. The largest absolute Gasteiger partial charge is 0.508 e. The smallest absolute Gasteiger partial charge is 0.335 e. The van der Waals surface area contributed by atoms with E-state index in [1.54, 1.807) is 41.1 Å². The molecule has 2 aromatic carbocycles. The van der Waals surface area contributed by atoms with Crippen molar-refractivity contribution in [1.29, 1.82) is 0 Å². The lowest BCUT2D eigenvalue weighted by Crippen LogP contribution is -2.17. The van der Waals surface area contributed by atoms with Crippen LogP contribution in [0.15, 0.2) is 72.0 Å². The van der Waals surface area contributed by atoms with E-state index in [1.165, 1.54) is 36.5 Å². The zero-order valence-electron chi connectivity index (χ0n) is 13.5. The van der Waals surface area contributed by atoms with Crippen LogP contribution >= 0.6 is 0 Å². The van der Waals surface area contributed by atoms with Crippen molar-refractivity contribution in [3.63, 3.8) is 0 Å². The second-order valence-electron chi connectivity index (χ2n) is 5.40. The number of phenols is 1. The molecule has 0 fully saturated rings. The van der Waals surface area contributed by atoms with Gasteiger partial charge in [-0.3, -0.25) is 4.79 Å². The van der Waals surface area contributed by atoms with E-state index in [-0.39, 0.29) is 11.3 Å². The van der Waals surface area contributed by atoms with Gasteiger partial charge in [0.2, 0.25) is 0 Å². The van der Waals surface area contributed by atoms with Crippen molar-refractivity contribution in [2.75, 3.05) is 0 Å². The third-order valence-corrected chi connectivity index (χ3v) is 3.64. The number of carbonyl (C=O) groups is 2. The van der Waals surface area contributed by atoms with Gasteiger partial charge in [-0.2, -0.15) is 5.10 Å². The number of carbonyl (C=O) groups excluding carboxylic acids is 1. The standard InChI is InChI=1S/C19H15N3O4/c23-17-8-6-13(7-9-17)18(24)21-20-12-16-5-2-10-22(16)15-4-1-3-14(11-15)19(25)26/h1-12,23H,(H,21,24)(H,25,26)/b20-12-. The van der Waals surface area contributed by atoms with Crippen LogP contribution in [0.3, 0.4) is 0 Å². The number of amides is 1. The average Bonchev–Trinajstić information content (AvgIpc) is 3.11. The summed E-state index contributed by atoms with van der Waals surface area (Å²) in [6.07, 6.45) is 3.23. The number of carboxylic acids is 1. The van der Waals surface area contributed by atoms with Crippen LogP contribution in [0.2, 0.25) is 0 Å². The van der Waals surface area contributed by atoms with E-state index >= 15 is 0 Å². The van der Waals surface area contributed by atoms with E-state index in [0.717, 1.165) is 0 Å². The van der Waals surface area contributed by atoms with Crippen molar-refractivity contribution in [3.05, 3.63) is 83.7 Å². The summed E-state index contributed by atoms with van der Waals surface area (Å²) in [6.45, 7) is 0. The monoisotopic (exact) mass is 349 g/mol. The molecule has 1 aromatic heterocycles. The third-order valence-electron chi connectivity index (χ3n) is 3.64. The highest BCUT2D eigenvalue weighted by Gasteiger charge is 2.07. The van der Waals surface area contributed by atoms with Gasteiger partial charge < -0.3 is 14.8 Å². The zero-order valence-corrected chi connectivity index (χ0v) is 13.5. The number of aromatic carboxylic acids is 1. The fraction of sp³-hybridized carbons (Fsp3) is 0.